The number of carbonyl (C=O) groups excluding carboxylic acids is 1. The Labute approximate surface area is 80.6 Å². The fraction of sp³-hybridized carbons (Fsp3) is 0.167. The number of thiophene rings is 1. The van der Waals surface area contributed by atoms with Crippen molar-refractivity contribution < 1.29 is 13.6 Å². The normalized spacial score (nSPS) is 12.8. The van der Waals surface area contributed by atoms with Gasteiger partial charge >= 0.3 is 0 Å². The van der Waals surface area contributed by atoms with Gasteiger partial charge in [0.25, 0.3) is 5.24 Å². The molecular formula is C6H4ClO3S2-. The van der Waals surface area contributed by atoms with Crippen LogP contribution < -0.4 is 0 Å². The molecular weight excluding hydrogens is 220 g/mol. The van der Waals surface area contributed by atoms with Crippen molar-refractivity contribution in [1.82, 2.24) is 0 Å². The molecule has 0 aliphatic rings. The van der Waals surface area contributed by atoms with E-state index in [9.17, 15) is 13.6 Å². The molecule has 1 aromatic heterocycles. The Morgan fingerprint density at radius 1 is 1.75 bits per heavy atom. The molecule has 1 aromatic rings. The number of hydrogen-bond donors (Lipinski definition) is 0. The van der Waals surface area contributed by atoms with Gasteiger partial charge in [0.1, 0.15) is 0 Å². The molecule has 6 heteroatoms. The zero-order valence-corrected chi connectivity index (χ0v) is 8.17. The van der Waals surface area contributed by atoms with Gasteiger partial charge in [-0.25, -0.2) is 0 Å². The van der Waals surface area contributed by atoms with Gasteiger partial charge in [0.15, 0.2) is 0 Å². The highest BCUT2D eigenvalue weighted by molar-refractivity contribution is 7.78. The Morgan fingerprint density at radius 2 is 2.42 bits per heavy atom. The summed E-state index contributed by atoms with van der Waals surface area (Å²) in [5.74, 6) is -0.0688. The van der Waals surface area contributed by atoms with Gasteiger partial charge in [-0.3, -0.25) is 9.00 Å². The quantitative estimate of drug-likeness (QED) is 0.577. The molecule has 0 fully saturated rings. The number of rotatable bonds is 3. The minimum absolute atomic E-state index is 0.0688. The minimum Gasteiger partial charge on any atom is -0.772 e. The molecule has 0 N–H and O–H groups in total. The van der Waals surface area contributed by atoms with E-state index in [4.69, 9.17) is 11.6 Å². The predicted molar refractivity (Wildman–Crippen MR) is 47.1 cm³/mol. The van der Waals surface area contributed by atoms with E-state index < -0.39 is 16.3 Å². The molecule has 3 nitrogen and oxygen atoms in total. The summed E-state index contributed by atoms with van der Waals surface area (Å²) in [6.07, 6.45) is 0. The molecule has 0 radical (unpaired) electrons. The number of carbonyl (C=O) groups is 1. The first-order valence-corrected chi connectivity index (χ1v) is 5.43. The molecule has 1 unspecified atom stereocenters. The summed E-state index contributed by atoms with van der Waals surface area (Å²) >= 11 is 4.20. The van der Waals surface area contributed by atoms with E-state index in [-0.39, 0.29) is 5.75 Å². The van der Waals surface area contributed by atoms with Crippen LogP contribution in [0.5, 0.6) is 0 Å². The second-order valence-corrected chi connectivity index (χ2v) is 4.19. The van der Waals surface area contributed by atoms with E-state index in [0.717, 1.165) is 11.3 Å². The maximum atomic E-state index is 10.6. The fourth-order valence-corrected chi connectivity index (χ4v) is 2.16. The van der Waals surface area contributed by atoms with Crippen molar-refractivity contribution in [3.8, 4) is 0 Å². The molecule has 0 spiro atoms. The monoisotopic (exact) mass is 223 g/mol. The van der Waals surface area contributed by atoms with Crippen molar-refractivity contribution in [2.45, 2.75) is 5.75 Å². The van der Waals surface area contributed by atoms with Crippen LogP contribution >= 0.6 is 22.9 Å². The maximum Gasteiger partial charge on any atom is 0.262 e. The second-order valence-electron chi connectivity index (χ2n) is 2.04. The van der Waals surface area contributed by atoms with Crippen molar-refractivity contribution in [3.05, 3.63) is 21.9 Å². The minimum atomic E-state index is -2.11. The summed E-state index contributed by atoms with van der Waals surface area (Å²) in [4.78, 5) is 10.9. The molecule has 66 valence electrons. The Hall–Kier alpha value is -0.230. The lowest BCUT2D eigenvalue weighted by Gasteiger charge is -2.00. The largest absolute Gasteiger partial charge is 0.772 e. The first-order chi connectivity index (χ1) is 5.59. The molecule has 0 aliphatic carbocycles. The average molecular weight is 224 g/mol. The lowest BCUT2D eigenvalue weighted by atomic mass is 10.3. The lowest BCUT2D eigenvalue weighted by molar-refractivity contribution is 0.108. The van der Waals surface area contributed by atoms with Crippen molar-refractivity contribution in [2.24, 2.45) is 0 Å². The highest BCUT2D eigenvalue weighted by atomic mass is 35.5. The van der Waals surface area contributed by atoms with E-state index in [1.54, 1.807) is 5.38 Å². The standard InChI is InChI=1S/C6H5ClO3S2/c7-6(8)5-1-4(2-11-5)3-12(9)10/h1-2H,3H2,(H,9,10)/p-1. The topological polar surface area (TPSA) is 57.2 Å². The molecule has 1 heterocycles. The van der Waals surface area contributed by atoms with Crippen molar-refractivity contribution >= 4 is 39.3 Å². The SMILES string of the molecule is O=C(Cl)c1cc(CS(=O)[O-])cs1. The van der Waals surface area contributed by atoms with Gasteiger partial charge < -0.3 is 4.55 Å². The molecule has 0 saturated heterocycles. The van der Waals surface area contributed by atoms with E-state index in [1.807, 2.05) is 0 Å². The third kappa shape index (κ3) is 2.67. The van der Waals surface area contributed by atoms with Gasteiger partial charge in [-0.2, -0.15) is 0 Å². The number of halogens is 1. The van der Waals surface area contributed by atoms with Crippen LogP contribution in [-0.2, 0) is 16.8 Å². The van der Waals surface area contributed by atoms with Gasteiger partial charge in [-0.15, -0.1) is 11.3 Å². The first-order valence-electron chi connectivity index (χ1n) is 2.92. The van der Waals surface area contributed by atoms with Crippen LogP contribution in [0.3, 0.4) is 0 Å². The predicted octanol–water partition coefficient (Wildman–Crippen LogP) is 1.51. The molecule has 1 rings (SSSR count). The zero-order chi connectivity index (χ0) is 9.14. The van der Waals surface area contributed by atoms with Crippen molar-refractivity contribution in [2.75, 3.05) is 0 Å². The van der Waals surface area contributed by atoms with E-state index in [1.165, 1.54) is 6.07 Å². The van der Waals surface area contributed by atoms with Crippen LogP contribution in [-0.4, -0.2) is 14.0 Å². The Balaban J connectivity index is 2.77. The Bertz CT molecular complexity index is 320. The van der Waals surface area contributed by atoms with Gasteiger partial charge in [-0.05, 0) is 28.6 Å². The highest BCUT2D eigenvalue weighted by Gasteiger charge is 2.05. The summed E-state index contributed by atoms with van der Waals surface area (Å²) < 4.78 is 20.5. The van der Waals surface area contributed by atoms with Crippen molar-refractivity contribution in [3.63, 3.8) is 0 Å². The average Bonchev–Trinajstić information content (AvgIpc) is 2.34. The van der Waals surface area contributed by atoms with Crippen LogP contribution in [0.4, 0.5) is 0 Å². The highest BCUT2D eigenvalue weighted by Crippen LogP contribution is 2.17. The van der Waals surface area contributed by atoms with Crippen LogP contribution in [0.2, 0.25) is 0 Å². The zero-order valence-electron chi connectivity index (χ0n) is 5.78. The Kier molecular flexibility index (Phi) is 3.39. The van der Waals surface area contributed by atoms with Crippen LogP contribution in [0, 0.1) is 0 Å². The first kappa shape index (κ1) is 9.85. The molecule has 12 heavy (non-hydrogen) atoms. The smallest absolute Gasteiger partial charge is 0.262 e. The summed E-state index contributed by atoms with van der Waals surface area (Å²) in [6, 6.07) is 1.48. The molecule has 0 aliphatic heterocycles. The van der Waals surface area contributed by atoms with Gasteiger partial charge in [0.05, 0.1) is 4.88 Å². The molecule has 0 amide bonds. The number of hydrogen-bond acceptors (Lipinski definition) is 4. The molecule has 0 aromatic carbocycles. The van der Waals surface area contributed by atoms with Crippen LogP contribution in [0.25, 0.3) is 0 Å². The van der Waals surface area contributed by atoms with Gasteiger partial charge in [-0.1, -0.05) is 11.1 Å². The third-order valence-electron chi connectivity index (χ3n) is 1.13. The molecule has 0 saturated carbocycles. The van der Waals surface area contributed by atoms with E-state index in [2.05, 4.69) is 0 Å². The summed E-state index contributed by atoms with van der Waals surface area (Å²) in [5.41, 5.74) is 0.595. The summed E-state index contributed by atoms with van der Waals surface area (Å²) in [5, 5.41) is 1.05. The fourth-order valence-electron chi connectivity index (χ4n) is 0.690. The van der Waals surface area contributed by atoms with Crippen molar-refractivity contribution in [1.29, 1.82) is 0 Å². The second kappa shape index (κ2) is 4.13. The van der Waals surface area contributed by atoms with Gasteiger partial charge in [0.2, 0.25) is 0 Å². The summed E-state index contributed by atoms with van der Waals surface area (Å²) in [6.45, 7) is 0. The summed E-state index contributed by atoms with van der Waals surface area (Å²) in [7, 11) is 0. The third-order valence-corrected chi connectivity index (χ3v) is 2.99. The Morgan fingerprint density at radius 3 is 2.83 bits per heavy atom. The van der Waals surface area contributed by atoms with Crippen LogP contribution in [0.15, 0.2) is 11.4 Å². The van der Waals surface area contributed by atoms with E-state index in [0.29, 0.717) is 10.4 Å². The molecule has 0 bridgehead atoms. The maximum absolute atomic E-state index is 10.6. The van der Waals surface area contributed by atoms with Gasteiger partial charge in [0, 0.05) is 5.75 Å². The molecule has 1 atom stereocenters. The lowest BCUT2D eigenvalue weighted by Crippen LogP contribution is -1.90. The van der Waals surface area contributed by atoms with Crippen LogP contribution in [0.1, 0.15) is 15.2 Å². The van der Waals surface area contributed by atoms with E-state index >= 15 is 0 Å².